The summed E-state index contributed by atoms with van der Waals surface area (Å²) < 4.78 is 0. The predicted molar refractivity (Wildman–Crippen MR) is 74.8 cm³/mol. The molecule has 0 fully saturated rings. The summed E-state index contributed by atoms with van der Waals surface area (Å²) in [4.78, 5) is 16.7. The van der Waals surface area contributed by atoms with Crippen molar-refractivity contribution in [3.63, 3.8) is 0 Å². The Morgan fingerprint density at radius 1 is 1.28 bits per heavy atom. The summed E-state index contributed by atoms with van der Waals surface area (Å²) in [5.74, 6) is -0.227. The van der Waals surface area contributed by atoms with Crippen molar-refractivity contribution in [1.82, 2.24) is 0 Å². The van der Waals surface area contributed by atoms with Crippen LogP contribution in [-0.2, 0) is 12.8 Å². The minimum Gasteiger partial charge on any atom is -0.370 e. The lowest BCUT2D eigenvalue weighted by atomic mass is 10.0. The molecule has 1 rings (SSSR count). The molecular formula is C13H20N4O. The van der Waals surface area contributed by atoms with Crippen molar-refractivity contribution in [2.24, 2.45) is 16.5 Å². The van der Waals surface area contributed by atoms with Crippen molar-refractivity contribution in [1.29, 1.82) is 0 Å². The molecule has 0 heterocycles. The summed E-state index contributed by atoms with van der Waals surface area (Å²) in [6, 6.07) is 5.58. The van der Waals surface area contributed by atoms with Crippen LogP contribution in [0.3, 0.4) is 0 Å². The number of urea groups is 1. The smallest absolute Gasteiger partial charge is 0.350 e. The zero-order valence-electron chi connectivity index (χ0n) is 11.1. The summed E-state index contributed by atoms with van der Waals surface area (Å²) >= 11 is 0. The van der Waals surface area contributed by atoms with Gasteiger partial charge in [-0.05, 0) is 30.0 Å². The van der Waals surface area contributed by atoms with Crippen molar-refractivity contribution in [3.05, 3.63) is 29.3 Å². The van der Waals surface area contributed by atoms with Gasteiger partial charge in [0.2, 0.25) is 0 Å². The Morgan fingerprint density at radius 2 is 1.94 bits per heavy atom. The van der Waals surface area contributed by atoms with Crippen LogP contribution in [0, 0.1) is 0 Å². The fourth-order valence-electron chi connectivity index (χ4n) is 1.76. The molecule has 2 amide bonds. The number of benzene rings is 1. The predicted octanol–water partition coefficient (Wildman–Crippen LogP) is 1.64. The number of aryl methyl sites for hydroxylation is 2. The molecule has 0 bridgehead atoms. The zero-order valence-corrected chi connectivity index (χ0v) is 11.1. The molecule has 0 aliphatic carbocycles. The Balaban J connectivity index is 3.09. The first kappa shape index (κ1) is 14.0. The van der Waals surface area contributed by atoms with E-state index in [2.05, 4.69) is 24.9 Å². The average molecular weight is 248 g/mol. The fourth-order valence-corrected chi connectivity index (χ4v) is 1.76. The van der Waals surface area contributed by atoms with Gasteiger partial charge >= 0.3 is 6.03 Å². The third-order valence-electron chi connectivity index (χ3n) is 2.81. The minimum absolute atomic E-state index is 0.227. The van der Waals surface area contributed by atoms with E-state index in [1.54, 1.807) is 7.05 Å². The number of aliphatic imine (C=N–C) groups is 1. The van der Waals surface area contributed by atoms with Gasteiger partial charge in [-0.1, -0.05) is 26.0 Å². The lowest BCUT2D eigenvalue weighted by Crippen LogP contribution is -2.30. The molecule has 4 N–H and O–H groups in total. The van der Waals surface area contributed by atoms with Gasteiger partial charge in [0.25, 0.3) is 0 Å². The maximum absolute atomic E-state index is 11.8. The summed E-state index contributed by atoms with van der Waals surface area (Å²) in [5, 5.41) is 0. The Morgan fingerprint density at radius 3 is 2.44 bits per heavy atom. The highest BCUT2D eigenvalue weighted by molar-refractivity contribution is 5.99. The maximum Gasteiger partial charge on any atom is 0.350 e. The summed E-state index contributed by atoms with van der Waals surface area (Å²) in [6.07, 6.45) is 1.82. The van der Waals surface area contributed by atoms with E-state index < -0.39 is 6.03 Å². The van der Waals surface area contributed by atoms with Crippen LogP contribution >= 0.6 is 0 Å². The first-order valence-corrected chi connectivity index (χ1v) is 5.98. The molecule has 0 aliphatic heterocycles. The average Bonchev–Trinajstić information content (AvgIpc) is 2.36. The SMILES string of the molecule is CCc1ccc(N(C)C(=O)N=C(N)N)c(CC)c1. The molecule has 0 spiro atoms. The molecule has 5 heteroatoms. The molecule has 0 aromatic heterocycles. The molecule has 1 aromatic rings. The molecule has 18 heavy (non-hydrogen) atoms. The highest BCUT2D eigenvalue weighted by atomic mass is 16.2. The maximum atomic E-state index is 11.8. The van der Waals surface area contributed by atoms with Gasteiger partial charge in [-0.15, -0.1) is 0 Å². The van der Waals surface area contributed by atoms with E-state index in [4.69, 9.17) is 11.5 Å². The van der Waals surface area contributed by atoms with Crippen LogP contribution in [-0.4, -0.2) is 19.0 Å². The summed E-state index contributed by atoms with van der Waals surface area (Å²) in [5.41, 5.74) is 13.6. The summed E-state index contributed by atoms with van der Waals surface area (Å²) in [6.45, 7) is 4.15. The standard InChI is InChI=1S/C13H20N4O/c1-4-9-6-7-11(10(5-2)8-9)17(3)13(18)16-12(14)15/h6-8H,4-5H2,1-3H3,(H4,14,15,16,18). The van der Waals surface area contributed by atoms with Gasteiger partial charge in [0, 0.05) is 12.7 Å². The first-order chi connectivity index (χ1) is 8.49. The molecule has 1 aromatic carbocycles. The van der Waals surface area contributed by atoms with Gasteiger partial charge < -0.3 is 11.5 Å². The van der Waals surface area contributed by atoms with Gasteiger partial charge in [0.15, 0.2) is 5.96 Å². The van der Waals surface area contributed by atoms with Crippen LogP contribution in [0.4, 0.5) is 10.5 Å². The Labute approximate surface area is 107 Å². The van der Waals surface area contributed by atoms with Crippen molar-refractivity contribution in [2.75, 3.05) is 11.9 Å². The zero-order chi connectivity index (χ0) is 13.7. The second kappa shape index (κ2) is 6.05. The van der Waals surface area contributed by atoms with E-state index >= 15 is 0 Å². The quantitative estimate of drug-likeness (QED) is 0.630. The van der Waals surface area contributed by atoms with Gasteiger partial charge in [-0.3, -0.25) is 4.90 Å². The van der Waals surface area contributed by atoms with Crippen molar-refractivity contribution in [2.45, 2.75) is 26.7 Å². The van der Waals surface area contributed by atoms with E-state index in [0.717, 1.165) is 24.1 Å². The molecule has 0 aliphatic rings. The molecule has 0 saturated carbocycles. The van der Waals surface area contributed by atoms with Crippen LogP contribution in [0.15, 0.2) is 23.2 Å². The van der Waals surface area contributed by atoms with E-state index in [-0.39, 0.29) is 5.96 Å². The fraction of sp³-hybridized carbons (Fsp3) is 0.385. The van der Waals surface area contributed by atoms with Crippen LogP contribution in [0.2, 0.25) is 0 Å². The normalized spacial score (nSPS) is 9.94. The van der Waals surface area contributed by atoms with E-state index in [0.29, 0.717) is 0 Å². The molecule has 0 atom stereocenters. The molecule has 0 unspecified atom stereocenters. The number of nitrogens with two attached hydrogens (primary N) is 2. The third-order valence-corrected chi connectivity index (χ3v) is 2.81. The van der Waals surface area contributed by atoms with Crippen LogP contribution in [0.5, 0.6) is 0 Å². The molecule has 5 nitrogen and oxygen atoms in total. The van der Waals surface area contributed by atoms with E-state index in [9.17, 15) is 4.79 Å². The molecule has 0 saturated heterocycles. The van der Waals surface area contributed by atoms with E-state index in [1.807, 2.05) is 12.1 Å². The summed E-state index contributed by atoms with van der Waals surface area (Å²) in [7, 11) is 1.66. The van der Waals surface area contributed by atoms with Crippen LogP contribution in [0.1, 0.15) is 25.0 Å². The van der Waals surface area contributed by atoms with Gasteiger partial charge in [0.05, 0.1) is 0 Å². The first-order valence-electron chi connectivity index (χ1n) is 5.98. The number of carbonyl (C=O) groups is 1. The lowest BCUT2D eigenvalue weighted by molar-refractivity contribution is 0.255. The van der Waals surface area contributed by atoms with Gasteiger partial charge in [0.1, 0.15) is 0 Å². The largest absolute Gasteiger partial charge is 0.370 e. The second-order valence-corrected chi connectivity index (χ2v) is 4.05. The molecular weight excluding hydrogens is 228 g/mol. The number of amides is 2. The number of hydrogen-bond acceptors (Lipinski definition) is 1. The monoisotopic (exact) mass is 248 g/mol. The number of nitrogens with zero attached hydrogens (tertiary/aromatic N) is 2. The number of carbonyl (C=O) groups excluding carboxylic acids is 1. The Bertz CT molecular complexity index is 464. The molecule has 0 radical (unpaired) electrons. The number of anilines is 1. The van der Waals surface area contributed by atoms with Crippen LogP contribution < -0.4 is 16.4 Å². The molecule has 98 valence electrons. The minimum atomic E-state index is -0.464. The van der Waals surface area contributed by atoms with Gasteiger partial charge in [-0.25, -0.2) is 4.79 Å². The topological polar surface area (TPSA) is 84.7 Å². The highest BCUT2D eigenvalue weighted by Crippen LogP contribution is 2.22. The number of hydrogen-bond donors (Lipinski definition) is 2. The van der Waals surface area contributed by atoms with Gasteiger partial charge in [-0.2, -0.15) is 4.99 Å². The van der Waals surface area contributed by atoms with Crippen LogP contribution in [0.25, 0.3) is 0 Å². The second-order valence-electron chi connectivity index (χ2n) is 4.05. The lowest BCUT2D eigenvalue weighted by Gasteiger charge is -2.19. The van der Waals surface area contributed by atoms with Crippen molar-refractivity contribution in [3.8, 4) is 0 Å². The number of rotatable bonds is 3. The van der Waals surface area contributed by atoms with Crippen molar-refractivity contribution >= 4 is 17.7 Å². The Hall–Kier alpha value is -2.04. The number of guanidine groups is 1. The van der Waals surface area contributed by atoms with E-state index in [1.165, 1.54) is 10.5 Å². The third kappa shape index (κ3) is 3.23. The highest BCUT2D eigenvalue weighted by Gasteiger charge is 2.13. The Kier molecular flexibility index (Phi) is 4.71. The van der Waals surface area contributed by atoms with Crippen molar-refractivity contribution < 1.29 is 4.79 Å².